The molecule has 0 unspecified atom stereocenters. The van der Waals surface area contributed by atoms with E-state index in [1.165, 1.54) is 0 Å². The van der Waals surface area contributed by atoms with E-state index in [9.17, 15) is 0 Å². The maximum atomic E-state index is 6.28. The maximum Gasteiger partial charge on any atom is 0.129 e. The van der Waals surface area contributed by atoms with Crippen molar-refractivity contribution >= 4 is 28.8 Å². The third-order valence-electron chi connectivity index (χ3n) is 3.03. The molecular formula is C14H12ClN3S. The van der Waals surface area contributed by atoms with Gasteiger partial charge in [0.25, 0.3) is 0 Å². The van der Waals surface area contributed by atoms with Crippen LogP contribution in [0.4, 0.5) is 5.82 Å². The van der Waals surface area contributed by atoms with E-state index < -0.39 is 0 Å². The van der Waals surface area contributed by atoms with E-state index in [-0.39, 0.29) is 0 Å². The summed E-state index contributed by atoms with van der Waals surface area (Å²) in [5.74, 6) is 0.620. The van der Waals surface area contributed by atoms with Gasteiger partial charge >= 0.3 is 0 Å². The fourth-order valence-electron chi connectivity index (χ4n) is 2.07. The van der Waals surface area contributed by atoms with Crippen molar-refractivity contribution in [3.63, 3.8) is 0 Å². The molecule has 0 bridgehead atoms. The van der Waals surface area contributed by atoms with Gasteiger partial charge in [0.1, 0.15) is 11.5 Å². The Kier molecular flexibility index (Phi) is 3.05. The molecule has 0 spiro atoms. The summed E-state index contributed by atoms with van der Waals surface area (Å²) in [6, 6.07) is 9.72. The molecule has 0 saturated heterocycles. The van der Waals surface area contributed by atoms with Crippen molar-refractivity contribution in [1.82, 2.24) is 9.78 Å². The quantitative estimate of drug-likeness (QED) is 0.773. The first-order valence-corrected chi connectivity index (χ1v) is 7.10. The molecule has 3 nitrogen and oxygen atoms in total. The molecule has 0 aliphatic rings. The monoisotopic (exact) mass is 289 g/mol. The van der Waals surface area contributed by atoms with Crippen LogP contribution in [0.2, 0.25) is 5.02 Å². The summed E-state index contributed by atoms with van der Waals surface area (Å²) in [7, 11) is 1.84. The zero-order valence-corrected chi connectivity index (χ0v) is 11.9. The number of rotatable bonds is 2. The summed E-state index contributed by atoms with van der Waals surface area (Å²) in [6.45, 7) is 0. The van der Waals surface area contributed by atoms with Crippen LogP contribution in [0.1, 0.15) is 0 Å². The van der Waals surface area contributed by atoms with Crippen molar-refractivity contribution in [3.05, 3.63) is 46.1 Å². The zero-order chi connectivity index (χ0) is 13.4. The molecular weight excluding hydrogens is 278 g/mol. The number of aryl methyl sites for hydroxylation is 1. The highest BCUT2D eigenvalue weighted by Gasteiger charge is 2.19. The van der Waals surface area contributed by atoms with E-state index in [4.69, 9.17) is 17.3 Å². The Morgan fingerprint density at radius 1 is 1.26 bits per heavy atom. The van der Waals surface area contributed by atoms with Crippen LogP contribution < -0.4 is 5.73 Å². The maximum absolute atomic E-state index is 6.28. The van der Waals surface area contributed by atoms with Crippen molar-refractivity contribution in [2.45, 2.75) is 0 Å². The number of halogens is 1. The van der Waals surface area contributed by atoms with Gasteiger partial charge in [-0.15, -0.1) is 0 Å². The first-order valence-electron chi connectivity index (χ1n) is 5.78. The molecule has 5 heteroatoms. The molecule has 0 aliphatic heterocycles. The Morgan fingerprint density at radius 2 is 2.05 bits per heavy atom. The van der Waals surface area contributed by atoms with E-state index in [2.05, 4.69) is 10.5 Å². The number of benzene rings is 1. The second-order valence-electron chi connectivity index (χ2n) is 4.22. The number of hydrogen-bond acceptors (Lipinski definition) is 3. The van der Waals surface area contributed by atoms with Crippen molar-refractivity contribution in [2.75, 3.05) is 5.73 Å². The van der Waals surface area contributed by atoms with Gasteiger partial charge in [0, 0.05) is 28.6 Å². The lowest BCUT2D eigenvalue weighted by molar-refractivity contribution is 0.782. The number of nitrogen functional groups attached to an aromatic ring is 1. The topological polar surface area (TPSA) is 43.8 Å². The Labute approximate surface area is 120 Å². The molecule has 19 heavy (non-hydrogen) atoms. The average molecular weight is 290 g/mol. The fraction of sp³-hybridized carbons (Fsp3) is 0.0714. The summed E-state index contributed by atoms with van der Waals surface area (Å²) < 4.78 is 1.69. The number of hydrogen-bond donors (Lipinski definition) is 1. The Morgan fingerprint density at radius 3 is 2.74 bits per heavy atom. The molecule has 3 aromatic rings. The smallest absolute Gasteiger partial charge is 0.129 e. The Bertz CT molecular complexity index is 716. The minimum Gasteiger partial charge on any atom is -0.383 e. The molecule has 3 rings (SSSR count). The third kappa shape index (κ3) is 2.03. The predicted molar refractivity (Wildman–Crippen MR) is 81.4 cm³/mol. The van der Waals surface area contributed by atoms with Gasteiger partial charge in [0.2, 0.25) is 0 Å². The van der Waals surface area contributed by atoms with Gasteiger partial charge in [-0.25, -0.2) is 0 Å². The molecule has 2 aromatic heterocycles. The molecule has 0 atom stereocenters. The van der Waals surface area contributed by atoms with Crippen molar-refractivity contribution < 1.29 is 0 Å². The lowest BCUT2D eigenvalue weighted by atomic mass is 10.0. The van der Waals surface area contributed by atoms with Gasteiger partial charge in [-0.05, 0) is 17.5 Å². The minimum atomic E-state index is 0.620. The van der Waals surface area contributed by atoms with Crippen LogP contribution in [-0.4, -0.2) is 9.78 Å². The zero-order valence-electron chi connectivity index (χ0n) is 10.3. The summed E-state index contributed by atoms with van der Waals surface area (Å²) in [6.07, 6.45) is 0. The first kappa shape index (κ1) is 12.3. The van der Waals surface area contributed by atoms with Gasteiger partial charge in [-0.1, -0.05) is 29.8 Å². The van der Waals surface area contributed by atoms with Crippen molar-refractivity contribution in [3.8, 4) is 22.4 Å². The average Bonchev–Trinajstić information content (AvgIpc) is 3.01. The minimum absolute atomic E-state index is 0.620. The van der Waals surface area contributed by atoms with Crippen LogP contribution >= 0.6 is 22.9 Å². The largest absolute Gasteiger partial charge is 0.383 e. The molecule has 1 aromatic carbocycles. The molecule has 96 valence electrons. The second kappa shape index (κ2) is 4.72. The molecule has 0 fully saturated rings. The number of anilines is 1. The highest BCUT2D eigenvalue weighted by molar-refractivity contribution is 7.08. The summed E-state index contributed by atoms with van der Waals surface area (Å²) in [4.78, 5) is 0. The standard InChI is InChI=1S/C14H12ClN3S/c1-18-14(16)12(10-4-2-3-5-11(10)15)13(17-18)9-6-7-19-8-9/h2-8H,16H2,1H3. The summed E-state index contributed by atoms with van der Waals surface area (Å²) in [5, 5.41) is 9.27. The lowest BCUT2D eigenvalue weighted by Crippen LogP contribution is -1.98. The normalized spacial score (nSPS) is 10.8. The molecule has 0 aliphatic carbocycles. The number of nitrogens with two attached hydrogens (primary N) is 1. The summed E-state index contributed by atoms with van der Waals surface area (Å²) >= 11 is 7.92. The van der Waals surface area contributed by atoms with Crippen LogP contribution in [0.25, 0.3) is 22.4 Å². The lowest BCUT2D eigenvalue weighted by Gasteiger charge is -2.05. The first-order chi connectivity index (χ1) is 9.18. The van der Waals surface area contributed by atoms with Crippen LogP contribution in [0.3, 0.4) is 0 Å². The SMILES string of the molecule is Cn1nc(-c2ccsc2)c(-c2ccccc2Cl)c1N. The van der Waals surface area contributed by atoms with Crippen LogP contribution in [0.5, 0.6) is 0 Å². The van der Waals surface area contributed by atoms with E-state index in [0.717, 1.165) is 22.4 Å². The van der Waals surface area contributed by atoms with Gasteiger partial charge < -0.3 is 5.73 Å². The van der Waals surface area contributed by atoms with Gasteiger partial charge in [0.05, 0.1) is 5.56 Å². The highest BCUT2D eigenvalue weighted by atomic mass is 35.5. The van der Waals surface area contributed by atoms with Gasteiger partial charge in [0.15, 0.2) is 0 Å². The molecule has 0 saturated carbocycles. The van der Waals surface area contributed by atoms with Crippen LogP contribution in [0.15, 0.2) is 41.1 Å². The molecule has 2 heterocycles. The van der Waals surface area contributed by atoms with Crippen LogP contribution in [-0.2, 0) is 7.05 Å². The summed E-state index contributed by atoms with van der Waals surface area (Å²) in [5.41, 5.74) is 9.90. The van der Waals surface area contributed by atoms with Gasteiger partial charge in [-0.3, -0.25) is 4.68 Å². The number of nitrogens with zero attached hydrogens (tertiary/aromatic N) is 2. The third-order valence-corrected chi connectivity index (χ3v) is 4.04. The second-order valence-corrected chi connectivity index (χ2v) is 5.41. The van der Waals surface area contributed by atoms with Crippen LogP contribution in [0, 0.1) is 0 Å². The Balaban J connectivity index is 2.29. The highest BCUT2D eigenvalue weighted by Crippen LogP contribution is 2.39. The van der Waals surface area contributed by atoms with Crippen molar-refractivity contribution in [2.24, 2.45) is 7.05 Å². The van der Waals surface area contributed by atoms with E-state index in [0.29, 0.717) is 10.8 Å². The number of aromatic nitrogens is 2. The van der Waals surface area contributed by atoms with E-state index >= 15 is 0 Å². The van der Waals surface area contributed by atoms with Gasteiger partial charge in [-0.2, -0.15) is 16.4 Å². The van der Waals surface area contributed by atoms with Crippen molar-refractivity contribution in [1.29, 1.82) is 0 Å². The fourth-order valence-corrected chi connectivity index (χ4v) is 2.94. The Hall–Kier alpha value is -1.78. The number of thiophene rings is 1. The molecule has 0 amide bonds. The van der Waals surface area contributed by atoms with E-state index in [1.54, 1.807) is 16.0 Å². The molecule has 0 radical (unpaired) electrons. The predicted octanol–water partition coefficient (Wildman–Crippen LogP) is 4.05. The van der Waals surface area contributed by atoms with E-state index in [1.807, 2.05) is 42.8 Å². The molecule has 2 N–H and O–H groups in total.